The Morgan fingerprint density at radius 2 is 1.87 bits per heavy atom. The second kappa shape index (κ2) is 9.24. The van der Waals surface area contributed by atoms with Gasteiger partial charge in [-0.3, -0.25) is 9.59 Å². The van der Waals surface area contributed by atoms with Crippen LogP contribution in [0.3, 0.4) is 0 Å². The third kappa shape index (κ3) is 5.16. The van der Waals surface area contributed by atoms with Crippen molar-refractivity contribution in [2.24, 2.45) is 5.92 Å². The van der Waals surface area contributed by atoms with Gasteiger partial charge < -0.3 is 25.1 Å². The number of aromatic nitrogens is 3. The van der Waals surface area contributed by atoms with Gasteiger partial charge in [-0.2, -0.15) is 15.0 Å². The maximum atomic E-state index is 12.5. The molecule has 1 saturated heterocycles. The largest absolute Gasteiger partial charge is 0.459 e. The predicted octanol–water partition coefficient (Wildman–Crippen LogP) is 2.39. The van der Waals surface area contributed by atoms with Gasteiger partial charge in [0, 0.05) is 18.8 Å². The summed E-state index contributed by atoms with van der Waals surface area (Å²) >= 11 is 0. The van der Waals surface area contributed by atoms with Crippen molar-refractivity contribution in [3.8, 4) is 0 Å². The molecule has 0 saturated carbocycles. The van der Waals surface area contributed by atoms with Gasteiger partial charge in [-0.15, -0.1) is 0 Å². The summed E-state index contributed by atoms with van der Waals surface area (Å²) in [5.41, 5.74) is 6.56. The first-order valence-electron chi connectivity index (χ1n) is 9.90. The zero-order valence-electron chi connectivity index (χ0n) is 16.7. The summed E-state index contributed by atoms with van der Waals surface area (Å²) in [6.07, 6.45) is 2.50. The van der Waals surface area contributed by atoms with Crippen LogP contribution in [0, 0.1) is 5.92 Å². The van der Waals surface area contributed by atoms with Crippen LogP contribution in [0.15, 0.2) is 53.1 Å². The average Bonchev–Trinajstić information content (AvgIpc) is 3.32. The van der Waals surface area contributed by atoms with Gasteiger partial charge in [-0.05, 0) is 37.1 Å². The van der Waals surface area contributed by atoms with Gasteiger partial charge in [-0.25, -0.2) is 0 Å². The number of para-hydroxylation sites is 1. The van der Waals surface area contributed by atoms with Gasteiger partial charge in [0.25, 0.3) is 5.91 Å². The Balaban J connectivity index is 1.29. The Kier molecular flexibility index (Phi) is 6.06. The number of anilines is 3. The standard InChI is InChI=1S/C21H22N6O4/c22-20-24-17(25-21(26-20)23-15-5-2-1-3-6-15)13-31-19(29)14-8-10-27(11-9-14)18(28)16-7-4-12-30-16/h1-7,12,14H,8-11,13H2,(H3,22,23,24,25,26). The van der Waals surface area contributed by atoms with Crippen LogP contribution in [0.5, 0.6) is 0 Å². The van der Waals surface area contributed by atoms with Gasteiger partial charge in [-0.1, -0.05) is 18.2 Å². The van der Waals surface area contributed by atoms with E-state index in [1.807, 2.05) is 30.3 Å². The highest BCUT2D eigenvalue weighted by molar-refractivity contribution is 5.91. The van der Waals surface area contributed by atoms with E-state index in [0.29, 0.717) is 31.7 Å². The van der Waals surface area contributed by atoms with E-state index in [1.165, 1.54) is 6.26 Å². The summed E-state index contributed by atoms with van der Waals surface area (Å²) in [5, 5.41) is 3.04. The van der Waals surface area contributed by atoms with Crippen molar-refractivity contribution in [1.82, 2.24) is 19.9 Å². The van der Waals surface area contributed by atoms with Gasteiger partial charge in [0.05, 0.1) is 12.2 Å². The molecular weight excluding hydrogens is 400 g/mol. The normalized spacial score (nSPS) is 14.3. The fourth-order valence-electron chi connectivity index (χ4n) is 3.34. The number of likely N-dealkylation sites (tertiary alicyclic amines) is 1. The summed E-state index contributed by atoms with van der Waals surface area (Å²) in [4.78, 5) is 38.8. The van der Waals surface area contributed by atoms with Crippen molar-refractivity contribution in [2.45, 2.75) is 19.4 Å². The number of nitrogen functional groups attached to an aromatic ring is 1. The van der Waals surface area contributed by atoms with Crippen molar-refractivity contribution >= 4 is 29.5 Å². The minimum absolute atomic E-state index is 0.0317. The molecule has 10 heteroatoms. The van der Waals surface area contributed by atoms with Crippen molar-refractivity contribution in [1.29, 1.82) is 0 Å². The molecule has 0 aliphatic carbocycles. The molecule has 0 radical (unpaired) electrons. The van der Waals surface area contributed by atoms with Crippen LogP contribution in [0.2, 0.25) is 0 Å². The molecule has 1 aliphatic rings. The Hall–Kier alpha value is -3.95. The smallest absolute Gasteiger partial charge is 0.309 e. The number of piperidine rings is 1. The molecule has 160 valence electrons. The fourth-order valence-corrected chi connectivity index (χ4v) is 3.34. The maximum Gasteiger partial charge on any atom is 0.309 e. The minimum Gasteiger partial charge on any atom is -0.459 e. The molecule has 1 amide bonds. The number of carbonyl (C=O) groups is 2. The first kappa shape index (κ1) is 20.3. The monoisotopic (exact) mass is 422 g/mol. The zero-order chi connectivity index (χ0) is 21.6. The van der Waals surface area contributed by atoms with Crippen molar-refractivity contribution < 1.29 is 18.7 Å². The molecule has 1 aromatic carbocycles. The lowest BCUT2D eigenvalue weighted by Gasteiger charge is -2.30. The number of hydrogen-bond acceptors (Lipinski definition) is 9. The molecule has 3 heterocycles. The molecule has 31 heavy (non-hydrogen) atoms. The third-order valence-corrected chi connectivity index (χ3v) is 4.92. The number of amides is 1. The summed E-state index contributed by atoms with van der Waals surface area (Å²) < 4.78 is 10.5. The number of ether oxygens (including phenoxy) is 1. The van der Waals surface area contributed by atoms with Gasteiger partial charge >= 0.3 is 5.97 Å². The number of furan rings is 1. The van der Waals surface area contributed by atoms with Gasteiger partial charge in [0.15, 0.2) is 18.2 Å². The Morgan fingerprint density at radius 3 is 2.58 bits per heavy atom. The zero-order valence-corrected chi connectivity index (χ0v) is 16.7. The molecule has 0 atom stereocenters. The molecule has 1 fully saturated rings. The van der Waals surface area contributed by atoms with E-state index in [9.17, 15) is 9.59 Å². The highest BCUT2D eigenvalue weighted by Crippen LogP contribution is 2.21. The van der Waals surface area contributed by atoms with Gasteiger partial charge in [0.2, 0.25) is 11.9 Å². The minimum atomic E-state index is -0.346. The molecule has 3 aromatic rings. The molecule has 1 aliphatic heterocycles. The number of esters is 1. The van der Waals surface area contributed by atoms with E-state index in [-0.39, 0.29) is 42.1 Å². The van der Waals surface area contributed by atoms with Crippen LogP contribution in [0.1, 0.15) is 29.2 Å². The predicted molar refractivity (Wildman–Crippen MR) is 111 cm³/mol. The fraction of sp³-hybridized carbons (Fsp3) is 0.286. The second-order valence-corrected chi connectivity index (χ2v) is 7.08. The first-order chi connectivity index (χ1) is 15.1. The van der Waals surface area contributed by atoms with Crippen LogP contribution in [0.25, 0.3) is 0 Å². The van der Waals surface area contributed by atoms with Crippen molar-refractivity contribution in [3.05, 3.63) is 60.3 Å². The van der Waals surface area contributed by atoms with E-state index in [2.05, 4.69) is 20.3 Å². The van der Waals surface area contributed by atoms with Crippen molar-refractivity contribution in [2.75, 3.05) is 24.1 Å². The number of nitrogens with two attached hydrogens (primary N) is 1. The molecule has 4 rings (SSSR count). The summed E-state index contributed by atoms with van der Waals surface area (Å²) in [7, 11) is 0. The average molecular weight is 422 g/mol. The highest BCUT2D eigenvalue weighted by Gasteiger charge is 2.29. The van der Waals surface area contributed by atoms with Crippen LogP contribution in [0.4, 0.5) is 17.6 Å². The lowest BCUT2D eigenvalue weighted by Crippen LogP contribution is -2.40. The quantitative estimate of drug-likeness (QED) is 0.574. The second-order valence-electron chi connectivity index (χ2n) is 7.08. The Bertz CT molecular complexity index is 1030. The third-order valence-electron chi connectivity index (χ3n) is 4.92. The van der Waals surface area contributed by atoms with E-state index >= 15 is 0 Å². The number of carbonyl (C=O) groups excluding carboxylic acids is 2. The van der Waals surface area contributed by atoms with Crippen LogP contribution in [-0.4, -0.2) is 44.8 Å². The van der Waals surface area contributed by atoms with E-state index in [4.69, 9.17) is 14.9 Å². The number of benzene rings is 1. The molecular formula is C21H22N6O4. The SMILES string of the molecule is Nc1nc(COC(=O)C2CCN(C(=O)c3ccco3)CC2)nc(Nc2ccccc2)n1. The van der Waals surface area contributed by atoms with Crippen LogP contribution in [-0.2, 0) is 16.1 Å². The molecule has 10 nitrogen and oxygen atoms in total. The number of hydrogen-bond donors (Lipinski definition) is 2. The summed E-state index contributed by atoms with van der Waals surface area (Å²) in [6.45, 7) is 0.812. The summed E-state index contributed by atoms with van der Waals surface area (Å²) in [6, 6.07) is 12.7. The Morgan fingerprint density at radius 1 is 1.10 bits per heavy atom. The van der Waals surface area contributed by atoms with Crippen LogP contribution >= 0.6 is 0 Å². The summed E-state index contributed by atoms with van der Waals surface area (Å²) in [5.74, 6) is 0.0520. The highest BCUT2D eigenvalue weighted by atomic mass is 16.5. The van der Waals surface area contributed by atoms with E-state index in [1.54, 1.807) is 17.0 Å². The van der Waals surface area contributed by atoms with Crippen molar-refractivity contribution in [3.63, 3.8) is 0 Å². The Labute approximate surface area is 178 Å². The van der Waals surface area contributed by atoms with Crippen LogP contribution < -0.4 is 11.1 Å². The lowest BCUT2D eigenvalue weighted by molar-refractivity contribution is -0.151. The number of nitrogens with one attached hydrogen (secondary N) is 1. The van der Waals surface area contributed by atoms with Gasteiger partial charge in [0.1, 0.15) is 0 Å². The molecule has 3 N–H and O–H groups in total. The molecule has 2 aromatic heterocycles. The lowest BCUT2D eigenvalue weighted by atomic mass is 9.97. The van der Waals surface area contributed by atoms with E-state index in [0.717, 1.165) is 5.69 Å². The molecule has 0 spiro atoms. The molecule has 0 unspecified atom stereocenters. The maximum absolute atomic E-state index is 12.5. The number of nitrogens with zero attached hydrogens (tertiary/aromatic N) is 4. The number of rotatable bonds is 6. The van der Waals surface area contributed by atoms with E-state index < -0.39 is 0 Å². The first-order valence-corrected chi connectivity index (χ1v) is 9.90. The topological polar surface area (TPSA) is 136 Å². The molecule has 0 bridgehead atoms.